The number of phosphoric acid groups is 1. The largest absolute Gasteiger partial charge is 0.472 e. The lowest BCUT2D eigenvalue weighted by molar-refractivity contribution is -0.161. The zero-order chi connectivity index (χ0) is 42.5. The number of carbonyl (C=O) groups is 2. The van der Waals surface area contributed by atoms with Gasteiger partial charge in [0.15, 0.2) is 6.10 Å². The summed E-state index contributed by atoms with van der Waals surface area (Å²) in [5.74, 6) is -0.106. The summed E-state index contributed by atoms with van der Waals surface area (Å²) < 4.78 is 38.6. The number of unbranched alkanes of at least 4 members (excludes halogenated alkanes) is 22. The van der Waals surface area contributed by atoms with Crippen molar-refractivity contribution in [1.82, 2.24) is 0 Å². The van der Waals surface area contributed by atoms with E-state index < -0.39 is 51.8 Å². The van der Waals surface area contributed by atoms with Crippen LogP contribution in [0.2, 0.25) is 0 Å². The van der Waals surface area contributed by atoms with Crippen LogP contribution in [0.1, 0.15) is 213 Å². The highest BCUT2D eigenvalue weighted by molar-refractivity contribution is 7.47. The summed E-state index contributed by atoms with van der Waals surface area (Å²) in [4.78, 5) is 35.1. The molecule has 0 amide bonds. The predicted molar refractivity (Wildman–Crippen MR) is 232 cm³/mol. The average Bonchev–Trinajstić information content (AvgIpc) is 3.95. The van der Waals surface area contributed by atoms with Crippen LogP contribution in [0.4, 0.5) is 0 Å². The first-order valence-electron chi connectivity index (χ1n) is 23.6. The number of rotatable bonds is 43. The van der Waals surface area contributed by atoms with Crippen molar-refractivity contribution in [3.05, 3.63) is 12.2 Å². The molecule has 0 aromatic rings. The van der Waals surface area contributed by atoms with E-state index in [1.807, 2.05) is 0 Å². The Hall–Kier alpha value is -1.33. The van der Waals surface area contributed by atoms with Crippen LogP contribution >= 0.6 is 7.82 Å². The smallest absolute Gasteiger partial charge is 0.462 e. The van der Waals surface area contributed by atoms with Gasteiger partial charge < -0.3 is 29.3 Å². The lowest BCUT2D eigenvalue weighted by Gasteiger charge is -2.20. The fourth-order valence-electron chi connectivity index (χ4n) is 7.01. The molecule has 0 aromatic heterocycles. The van der Waals surface area contributed by atoms with E-state index in [9.17, 15) is 24.2 Å². The molecule has 1 heterocycles. The number of hydrogen-bond donors (Lipinski definition) is 3. The van der Waals surface area contributed by atoms with Gasteiger partial charge in [-0.05, 0) is 44.4 Å². The fourth-order valence-corrected chi connectivity index (χ4v) is 7.80. The van der Waals surface area contributed by atoms with Gasteiger partial charge in [-0.1, -0.05) is 174 Å². The van der Waals surface area contributed by atoms with Crippen LogP contribution in [0.25, 0.3) is 0 Å². The number of hydrogen-bond acceptors (Lipinski definition) is 10. The van der Waals surface area contributed by atoms with E-state index in [4.69, 9.17) is 28.4 Å². The van der Waals surface area contributed by atoms with Crippen molar-refractivity contribution in [2.45, 2.75) is 238 Å². The Morgan fingerprint density at radius 3 is 1.72 bits per heavy atom. The van der Waals surface area contributed by atoms with Crippen molar-refractivity contribution in [3.8, 4) is 0 Å². The third-order valence-electron chi connectivity index (χ3n) is 10.8. The van der Waals surface area contributed by atoms with Gasteiger partial charge in [-0.15, -0.1) is 0 Å². The lowest BCUT2D eigenvalue weighted by atomic mass is 10.0. The monoisotopic (exact) mass is 847 g/mol. The summed E-state index contributed by atoms with van der Waals surface area (Å²) in [6, 6.07) is 0. The van der Waals surface area contributed by atoms with Crippen LogP contribution in [0, 0.1) is 5.92 Å². The predicted octanol–water partition coefficient (Wildman–Crippen LogP) is 11.6. The van der Waals surface area contributed by atoms with Gasteiger partial charge in [-0.25, -0.2) is 4.57 Å². The number of aliphatic hydroxyl groups excluding tert-OH is 2. The molecule has 58 heavy (non-hydrogen) atoms. The molecule has 0 aromatic carbocycles. The summed E-state index contributed by atoms with van der Waals surface area (Å²) in [6.07, 6.45) is 36.2. The summed E-state index contributed by atoms with van der Waals surface area (Å²) in [6.45, 7) is 4.70. The standard InChI is InChI=1S/C46H87O11P/c1-4-5-6-7-22-27-32-43-44(57-43)33-28-23-20-25-29-34-45(49)53-38-42(39-55-58(51,52)54-37-41(48)36-47)56-46(50)35-30-24-19-17-15-13-11-9-8-10-12-14-16-18-21-26-31-40(2)3/h22,27,40-44,47-48H,4-21,23-26,28-39H2,1-3H3,(H,51,52)/b27-22-/t41-,42+,43?,44?/m0/s1. The Balaban J connectivity index is 2.20. The topological polar surface area (TPSA) is 161 Å². The molecule has 3 unspecified atom stereocenters. The van der Waals surface area contributed by atoms with Gasteiger partial charge in [0, 0.05) is 12.8 Å². The van der Waals surface area contributed by atoms with Crippen molar-refractivity contribution in [3.63, 3.8) is 0 Å². The SMILES string of the molecule is CCCCC/C=C\CC1OC1CCCCCCCC(=O)OC[C@H](COP(=O)(O)OC[C@@H](O)CO)OC(=O)CCCCCCCCCCCCCCCCCCC(C)C. The Kier molecular flexibility index (Phi) is 35.3. The van der Waals surface area contributed by atoms with E-state index >= 15 is 0 Å². The second kappa shape index (κ2) is 37.4. The molecule has 12 heteroatoms. The fraction of sp³-hybridized carbons (Fsp3) is 0.913. The molecule has 1 aliphatic heterocycles. The first-order chi connectivity index (χ1) is 28.1. The van der Waals surface area contributed by atoms with Gasteiger partial charge in [0.05, 0.1) is 32.0 Å². The van der Waals surface area contributed by atoms with Gasteiger partial charge in [-0.2, -0.15) is 0 Å². The van der Waals surface area contributed by atoms with Crippen LogP contribution < -0.4 is 0 Å². The first kappa shape index (κ1) is 54.7. The number of ether oxygens (including phenoxy) is 3. The molecule has 3 N–H and O–H groups in total. The Morgan fingerprint density at radius 2 is 1.17 bits per heavy atom. The molecular formula is C46H87O11P. The minimum absolute atomic E-state index is 0.183. The van der Waals surface area contributed by atoms with Gasteiger partial charge in [0.2, 0.25) is 0 Å². The number of esters is 2. The van der Waals surface area contributed by atoms with Gasteiger partial charge >= 0.3 is 19.8 Å². The van der Waals surface area contributed by atoms with Crippen LogP contribution in [-0.4, -0.2) is 77.9 Å². The number of allylic oxidation sites excluding steroid dienone is 1. The highest BCUT2D eigenvalue weighted by atomic mass is 31.2. The number of carbonyl (C=O) groups excluding carboxylic acids is 2. The molecule has 11 nitrogen and oxygen atoms in total. The van der Waals surface area contributed by atoms with Crippen molar-refractivity contribution in [1.29, 1.82) is 0 Å². The normalized spacial score (nSPS) is 17.4. The molecule has 5 atom stereocenters. The van der Waals surface area contributed by atoms with Crippen LogP contribution in [0.3, 0.4) is 0 Å². The molecule has 0 aliphatic carbocycles. The molecule has 0 saturated carbocycles. The highest BCUT2D eigenvalue weighted by Crippen LogP contribution is 2.43. The number of epoxide rings is 1. The summed E-state index contributed by atoms with van der Waals surface area (Å²) in [5, 5.41) is 18.4. The minimum Gasteiger partial charge on any atom is -0.462 e. The van der Waals surface area contributed by atoms with E-state index in [1.54, 1.807) is 0 Å². The zero-order valence-corrected chi connectivity index (χ0v) is 38.0. The van der Waals surface area contributed by atoms with E-state index in [2.05, 4.69) is 32.9 Å². The second-order valence-corrected chi connectivity index (χ2v) is 18.5. The van der Waals surface area contributed by atoms with Crippen molar-refractivity contribution >= 4 is 19.8 Å². The molecule has 1 rings (SSSR count). The Labute approximate surface area is 353 Å². The van der Waals surface area contributed by atoms with E-state index in [1.165, 1.54) is 103 Å². The average molecular weight is 847 g/mol. The lowest BCUT2D eigenvalue weighted by Crippen LogP contribution is -2.29. The number of aliphatic hydroxyl groups is 2. The maximum Gasteiger partial charge on any atom is 0.472 e. The summed E-state index contributed by atoms with van der Waals surface area (Å²) in [7, 11) is -4.62. The van der Waals surface area contributed by atoms with E-state index in [-0.39, 0.29) is 19.4 Å². The molecule has 342 valence electrons. The molecular weight excluding hydrogens is 759 g/mol. The second-order valence-electron chi connectivity index (χ2n) is 17.0. The Bertz CT molecular complexity index is 1050. The van der Waals surface area contributed by atoms with E-state index in [0.29, 0.717) is 25.0 Å². The van der Waals surface area contributed by atoms with Gasteiger partial charge in [0.1, 0.15) is 12.7 Å². The quantitative estimate of drug-likeness (QED) is 0.0176. The third-order valence-corrected chi connectivity index (χ3v) is 11.7. The summed E-state index contributed by atoms with van der Waals surface area (Å²) >= 11 is 0. The van der Waals surface area contributed by atoms with E-state index in [0.717, 1.165) is 70.1 Å². The van der Waals surface area contributed by atoms with Crippen LogP contribution in [0.5, 0.6) is 0 Å². The summed E-state index contributed by atoms with van der Waals surface area (Å²) in [5.41, 5.74) is 0. The molecule has 1 fully saturated rings. The van der Waals surface area contributed by atoms with Crippen LogP contribution in [0.15, 0.2) is 12.2 Å². The molecule has 0 bridgehead atoms. The molecule has 1 saturated heterocycles. The molecule has 0 radical (unpaired) electrons. The molecule has 0 spiro atoms. The first-order valence-corrected chi connectivity index (χ1v) is 25.1. The van der Waals surface area contributed by atoms with Gasteiger partial charge in [-0.3, -0.25) is 18.6 Å². The Morgan fingerprint density at radius 1 is 0.655 bits per heavy atom. The maximum atomic E-state index is 12.7. The molecule has 1 aliphatic rings. The number of phosphoric ester groups is 1. The third kappa shape index (κ3) is 35.4. The van der Waals surface area contributed by atoms with Crippen molar-refractivity contribution in [2.24, 2.45) is 5.92 Å². The van der Waals surface area contributed by atoms with Crippen LogP contribution in [-0.2, 0) is 37.4 Å². The highest BCUT2D eigenvalue weighted by Gasteiger charge is 2.36. The zero-order valence-electron chi connectivity index (χ0n) is 37.1. The van der Waals surface area contributed by atoms with Crippen molar-refractivity contribution < 1.29 is 52.5 Å². The minimum atomic E-state index is -4.62. The van der Waals surface area contributed by atoms with Gasteiger partial charge in [0.25, 0.3) is 0 Å². The maximum absolute atomic E-state index is 12.7. The van der Waals surface area contributed by atoms with Crippen molar-refractivity contribution in [2.75, 3.05) is 26.4 Å².